The second-order valence-corrected chi connectivity index (χ2v) is 4.78. The number of imidazole rings is 1. The van der Waals surface area contributed by atoms with Gasteiger partial charge in [0.1, 0.15) is 18.1 Å². The Balaban J connectivity index is 0.000000487. The quantitative estimate of drug-likeness (QED) is 0.506. The van der Waals surface area contributed by atoms with Crippen molar-refractivity contribution in [1.29, 1.82) is 0 Å². The van der Waals surface area contributed by atoms with Crippen molar-refractivity contribution >= 4 is 11.9 Å². The normalized spacial score (nSPS) is 9.73. The first-order valence-electron chi connectivity index (χ1n) is 7.88. The maximum Gasteiger partial charge on any atom is 0.414 e. The highest BCUT2D eigenvalue weighted by molar-refractivity contribution is 6.27. The number of hydrogen-bond donors (Lipinski definition) is 2. The molecule has 0 saturated heterocycles. The Bertz CT molecular complexity index is 647. The average molecular weight is 366 g/mol. The smallest absolute Gasteiger partial charge is 0.414 e. The minimum Gasteiger partial charge on any atom is -0.494 e. The number of rotatable bonds is 9. The molecule has 0 amide bonds. The van der Waals surface area contributed by atoms with E-state index in [0.29, 0.717) is 26.4 Å². The molecule has 1 aromatic carbocycles. The molecule has 9 heteroatoms. The van der Waals surface area contributed by atoms with Gasteiger partial charge in [0.2, 0.25) is 0 Å². The lowest BCUT2D eigenvalue weighted by Gasteiger charge is -2.09. The minimum absolute atomic E-state index is 0.527. The van der Waals surface area contributed by atoms with Crippen LogP contribution in [0.1, 0.15) is 6.92 Å². The minimum atomic E-state index is -1.82. The van der Waals surface area contributed by atoms with Crippen molar-refractivity contribution in [3.05, 3.63) is 43.0 Å². The second-order valence-electron chi connectivity index (χ2n) is 4.78. The van der Waals surface area contributed by atoms with Crippen molar-refractivity contribution < 1.29 is 34.0 Å². The topological polar surface area (TPSA) is 120 Å². The average Bonchev–Trinajstić information content (AvgIpc) is 3.12. The molecule has 0 spiro atoms. The number of hydrogen-bond acceptors (Lipinski definition) is 6. The van der Waals surface area contributed by atoms with Gasteiger partial charge in [0.15, 0.2) is 0 Å². The van der Waals surface area contributed by atoms with Crippen LogP contribution in [0.3, 0.4) is 0 Å². The first-order chi connectivity index (χ1) is 12.5. The van der Waals surface area contributed by atoms with Gasteiger partial charge in [-0.2, -0.15) is 0 Å². The monoisotopic (exact) mass is 366 g/mol. The molecule has 0 aliphatic carbocycles. The SMILES string of the molecule is CCOc1cccc(OCCOCCn2ccnc2)c1.O=C(O)C(=O)O. The molecule has 0 aliphatic heterocycles. The fraction of sp³-hybridized carbons (Fsp3) is 0.353. The Hall–Kier alpha value is -3.07. The Labute approximate surface area is 150 Å². The zero-order valence-electron chi connectivity index (χ0n) is 14.4. The highest BCUT2D eigenvalue weighted by Gasteiger charge is 2.04. The third-order valence-electron chi connectivity index (χ3n) is 2.85. The van der Waals surface area contributed by atoms with Gasteiger partial charge in [-0.25, -0.2) is 14.6 Å². The van der Waals surface area contributed by atoms with Gasteiger partial charge in [-0.15, -0.1) is 0 Å². The molecule has 1 heterocycles. The summed E-state index contributed by atoms with van der Waals surface area (Å²) in [5, 5.41) is 14.8. The Kier molecular flexibility index (Phi) is 9.93. The van der Waals surface area contributed by atoms with E-state index in [2.05, 4.69) is 4.98 Å². The fourth-order valence-electron chi connectivity index (χ4n) is 1.73. The molecule has 0 unspecified atom stereocenters. The van der Waals surface area contributed by atoms with Crippen LogP contribution in [0.25, 0.3) is 0 Å². The Morgan fingerprint density at radius 1 is 1.08 bits per heavy atom. The van der Waals surface area contributed by atoms with Crippen molar-refractivity contribution in [3.8, 4) is 11.5 Å². The predicted octanol–water partition coefficient (Wildman–Crippen LogP) is 1.53. The van der Waals surface area contributed by atoms with Crippen molar-refractivity contribution in [2.45, 2.75) is 13.5 Å². The zero-order valence-corrected chi connectivity index (χ0v) is 14.4. The summed E-state index contributed by atoms with van der Waals surface area (Å²) in [7, 11) is 0. The summed E-state index contributed by atoms with van der Waals surface area (Å²) < 4.78 is 18.5. The second kappa shape index (κ2) is 12.3. The molecule has 142 valence electrons. The van der Waals surface area contributed by atoms with Crippen molar-refractivity contribution in [2.24, 2.45) is 0 Å². The summed E-state index contributed by atoms with van der Waals surface area (Å²) in [6, 6.07) is 7.63. The molecule has 26 heavy (non-hydrogen) atoms. The summed E-state index contributed by atoms with van der Waals surface area (Å²) in [5.74, 6) is -2.02. The molecule has 0 saturated carbocycles. The number of ether oxygens (including phenoxy) is 3. The van der Waals surface area contributed by atoms with E-state index in [1.807, 2.05) is 42.0 Å². The maximum absolute atomic E-state index is 9.10. The van der Waals surface area contributed by atoms with E-state index < -0.39 is 11.9 Å². The molecule has 0 radical (unpaired) electrons. The number of nitrogens with zero attached hydrogens (tertiary/aromatic N) is 2. The molecule has 0 atom stereocenters. The fourth-order valence-corrected chi connectivity index (χ4v) is 1.73. The first kappa shape index (κ1) is 21.0. The van der Waals surface area contributed by atoms with Gasteiger partial charge in [0.25, 0.3) is 0 Å². The highest BCUT2D eigenvalue weighted by Crippen LogP contribution is 2.19. The number of carboxylic acid groups (broad SMARTS) is 2. The standard InChI is InChI=1S/C15H20N2O3.C2H2O4/c1-2-19-14-4-3-5-15(12-14)20-11-10-18-9-8-17-7-6-16-13-17;3-1(4)2(5)6/h3-7,12-13H,2,8-11H2,1H3;(H,3,4)(H,5,6). The number of benzene rings is 1. The zero-order chi connectivity index (χ0) is 19.2. The maximum atomic E-state index is 9.10. The summed E-state index contributed by atoms with van der Waals surface area (Å²) in [4.78, 5) is 22.2. The van der Waals surface area contributed by atoms with E-state index in [1.54, 1.807) is 12.5 Å². The van der Waals surface area contributed by atoms with Gasteiger partial charge in [0.05, 0.1) is 26.1 Å². The molecule has 1 aromatic heterocycles. The molecular weight excluding hydrogens is 344 g/mol. The van der Waals surface area contributed by atoms with Crippen LogP contribution in [-0.4, -0.2) is 58.1 Å². The predicted molar refractivity (Wildman–Crippen MR) is 91.4 cm³/mol. The number of aliphatic carboxylic acids is 2. The van der Waals surface area contributed by atoms with E-state index >= 15 is 0 Å². The largest absolute Gasteiger partial charge is 0.494 e. The molecule has 0 bridgehead atoms. The van der Waals surface area contributed by atoms with Gasteiger partial charge >= 0.3 is 11.9 Å². The van der Waals surface area contributed by atoms with E-state index in [1.165, 1.54) is 0 Å². The van der Waals surface area contributed by atoms with Crippen LogP contribution in [0.15, 0.2) is 43.0 Å². The van der Waals surface area contributed by atoms with Crippen molar-refractivity contribution in [2.75, 3.05) is 26.4 Å². The first-order valence-corrected chi connectivity index (χ1v) is 7.88. The van der Waals surface area contributed by atoms with Crippen LogP contribution < -0.4 is 9.47 Å². The highest BCUT2D eigenvalue weighted by atomic mass is 16.5. The lowest BCUT2D eigenvalue weighted by molar-refractivity contribution is -0.159. The third kappa shape index (κ3) is 9.28. The van der Waals surface area contributed by atoms with Crippen molar-refractivity contribution in [3.63, 3.8) is 0 Å². The Morgan fingerprint density at radius 3 is 2.35 bits per heavy atom. The molecule has 2 rings (SSSR count). The number of carboxylic acids is 2. The summed E-state index contributed by atoms with van der Waals surface area (Å²) in [6.45, 7) is 5.16. The molecule has 2 N–H and O–H groups in total. The van der Waals surface area contributed by atoms with Crippen LogP contribution in [0, 0.1) is 0 Å². The van der Waals surface area contributed by atoms with Crippen LogP contribution >= 0.6 is 0 Å². The van der Waals surface area contributed by atoms with Crippen LogP contribution in [-0.2, 0) is 20.9 Å². The lowest BCUT2D eigenvalue weighted by Crippen LogP contribution is -2.10. The third-order valence-corrected chi connectivity index (χ3v) is 2.85. The van der Waals surface area contributed by atoms with Gasteiger partial charge < -0.3 is 29.0 Å². The van der Waals surface area contributed by atoms with Crippen LogP contribution in [0.2, 0.25) is 0 Å². The van der Waals surface area contributed by atoms with Crippen molar-refractivity contribution in [1.82, 2.24) is 9.55 Å². The van der Waals surface area contributed by atoms with E-state index in [0.717, 1.165) is 18.0 Å². The van der Waals surface area contributed by atoms with E-state index in [4.69, 9.17) is 34.0 Å². The summed E-state index contributed by atoms with van der Waals surface area (Å²) in [6.07, 6.45) is 5.45. The number of carbonyl (C=O) groups is 2. The van der Waals surface area contributed by atoms with Gasteiger partial charge in [0, 0.05) is 25.0 Å². The van der Waals surface area contributed by atoms with E-state index in [-0.39, 0.29) is 0 Å². The lowest BCUT2D eigenvalue weighted by atomic mass is 10.3. The van der Waals surface area contributed by atoms with Gasteiger partial charge in [-0.3, -0.25) is 0 Å². The molecular formula is C17H22N2O7. The number of aromatic nitrogens is 2. The molecule has 9 nitrogen and oxygen atoms in total. The molecule has 2 aromatic rings. The molecule has 0 fully saturated rings. The van der Waals surface area contributed by atoms with E-state index in [9.17, 15) is 0 Å². The Morgan fingerprint density at radius 2 is 1.77 bits per heavy atom. The van der Waals surface area contributed by atoms with Crippen LogP contribution in [0.5, 0.6) is 11.5 Å². The van der Waals surface area contributed by atoms with Gasteiger partial charge in [-0.1, -0.05) is 6.07 Å². The summed E-state index contributed by atoms with van der Waals surface area (Å²) in [5.41, 5.74) is 0. The van der Waals surface area contributed by atoms with Gasteiger partial charge in [-0.05, 0) is 19.1 Å². The molecule has 0 aliphatic rings. The van der Waals surface area contributed by atoms with Crippen LogP contribution in [0.4, 0.5) is 0 Å². The summed E-state index contributed by atoms with van der Waals surface area (Å²) >= 11 is 0.